The summed E-state index contributed by atoms with van der Waals surface area (Å²) in [4.78, 5) is 4.74. The molecule has 0 unspecified atom stereocenters. The molecule has 29 heavy (non-hydrogen) atoms. The van der Waals surface area contributed by atoms with Crippen LogP contribution in [0.3, 0.4) is 0 Å². The summed E-state index contributed by atoms with van der Waals surface area (Å²) in [5.74, 6) is 1.74. The molecule has 6 heteroatoms. The van der Waals surface area contributed by atoms with Gasteiger partial charge in [0, 0.05) is 25.5 Å². The van der Waals surface area contributed by atoms with Crippen molar-refractivity contribution in [2.75, 3.05) is 20.2 Å². The summed E-state index contributed by atoms with van der Waals surface area (Å²) in [6, 6.07) is 18.5. The zero-order chi connectivity index (χ0) is 20.3. The molecule has 0 aliphatic carbocycles. The molecule has 152 valence electrons. The Bertz CT molecular complexity index is 905. The fourth-order valence-electron chi connectivity index (χ4n) is 3.14. The van der Waals surface area contributed by atoms with Crippen molar-refractivity contribution in [2.24, 2.45) is 4.99 Å². The SMILES string of the molecule is CCNC(=NCc1cccc(Cn2cccn2)c1)NCCc1ccccc1OC. The van der Waals surface area contributed by atoms with Gasteiger partial charge in [-0.05, 0) is 42.2 Å². The Morgan fingerprint density at radius 2 is 1.93 bits per heavy atom. The highest BCUT2D eigenvalue weighted by molar-refractivity contribution is 5.79. The third-order valence-corrected chi connectivity index (χ3v) is 4.54. The van der Waals surface area contributed by atoms with Gasteiger partial charge in [-0.25, -0.2) is 4.99 Å². The van der Waals surface area contributed by atoms with Gasteiger partial charge in [0.2, 0.25) is 0 Å². The van der Waals surface area contributed by atoms with Gasteiger partial charge in [0.05, 0.1) is 20.2 Å². The topological polar surface area (TPSA) is 63.5 Å². The molecule has 2 aromatic carbocycles. The van der Waals surface area contributed by atoms with Crippen LogP contribution in [0.2, 0.25) is 0 Å². The van der Waals surface area contributed by atoms with E-state index < -0.39 is 0 Å². The van der Waals surface area contributed by atoms with Crippen LogP contribution in [-0.2, 0) is 19.5 Å². The van der Waals surface area contributed by atoms with Crippen LogP contribution in [0.25, 0.3) is 0 Å². The zero-order valence-electron chi connectivity index (χ0n) is 17.1. The van der Waals surface area contributed by atoms with Crippen LogP contribution in [0.5, 0.6) is 5.75 Å². The highest BCUT2D eigenvalue weighted by atomic mass is 16.5. The van der Waals surface area contributed by atoms with Crippen molar-refractivity contribution in [2.45, 2.75) is 26.4 Å². The second-order valence-corrected chi connectivity index (χ2v) is 6.71. The number of rotatable bonds is 9. The van der Waals surface area contributed by atoms with Crippen LogP contribution < -0.4 is 15.4 Å². The van der Waals surface area contributed by atoms with Crippen LogP contribution in [0.4, 0.5) is 0 Å². The summed E-state index contributed by atoms with van der Waals surface area (Å²) >= 11 is 0. The average Bonchev–Trinajstić information content (AvgIpc) is 3.25. The first-order valence-electron chi connectivity index (χ1n) is 9.98. The lowest BCUT2D eigenvalue weighted by atomic mass is 10.1. The van der Waals surface area contributed by atoms with Crippen LogP contribution in [0.15, 0.2) is 72.0 Å². The quantitative estimate of drug-likeness (QED) is 0.434. The Morgan fingerprint density at radius 1 is 1.07 bits per heavy atom. The molecule has 0 amide bonds. The molecular weight excluding hydrogens is 362 g/mol. The fourth-order valence-corrected chi connectivity index (χ4v) is 3.14. The number of nitrogens with zero attached hydrogens (tertiary/aromatic N) is 3. The molecular formula is C23H29N5O. The Morgan fingerprint density at radius 3 is 2.72 bits per heavy atom. The van der Waals surface area contributed by atoms with Gasteiger partial charge in [-0.2, -0.15) is 5.10 Å². The minimum atomic E-state index is 0.622. The largest absolute Gasteiger partial charge is 0.496 e. The van der Waals surface area contributed by atoms with E-state index in [1.807, 2.05) is 35.1 Å². The van der Waals surface area contributed by atoms with E-state index in [2.05, 4.69) is 53.0 Å². The molecule has 0 aliphatic heterocycles. The van der Waals surface area contributed by atoms with E-state index >= 15 is 0 Å². The number of hydrogen-bond acceptors (Lipinski definition) is 3. The molecule has 2 N–H and O–H groups in total. The first kappa shape index (κ1) is 20.5. The lowest BCUT2D eigenvalue weighted by Gasteiger charge is -2.13. The molecule has 0 saturated heterocycles. The normalized spacial score (nSPS) is 11.3. The van der Waals surface area contributed by atoms with E-state index in [-0.39, 0.29) is 0 Å². The maximum atomic E-state index is 5.42. The lowest BCUT2D eigenvalue weighted by Crippen LogP contribution is -2.38. The molecule has 3 rings (SSSR count). The van der Waals surface area contributed by atoms with Crippen molar-refractivity contribution in [1.82, 2.24) is 20.4 Å². The maximum absolute atomic E-state index is 5.42. The molecule has 0 fully saturated rings. The molecule has 1 heterocycles. The number of aliphatic imine (C=N–C) groups is 1. The number of nitrogens with one attached hydrogen (secondary N) is 2. The highest BCUT2D eigenvalue weighted by Crippen LogP contribution is 2.17. The van der Waals surface area contributed by atoms with Crippen LogP contribution in [-0.4, -0.2) is 35.9 Å². The number of ether oxygens (including phenoxy) is 1. The lowest BCUT2D eigenvalue weighted by molar-refractivity contribution is 0.409. The van der Waals surface area contributed by atoms with Crippen LogP contribution in [0.1, 0.15) is 23.6 Å². The standard InChI is InChI=1S/C23H29N5O/c1-3-24-23(25-14-12-21-10-4-5-11-22(21)29-2)26-17-19-8-6-9-20(16-19)18-28-15-7-13-27-28/h4-11,13,15-16H,3,12,14,17-18H2,1-2H3,(H2,24,25,26). The summed E-state index contributed by atoms with van der Waals surface area (Å²) in [6.45, 7) is 5.06. The van der Waals surface area contributed by atoms with E-state index in [0.717, 1.165) is 37.8 Å². The molecule has 3 aromatic rings. The number of aromatic nitrogens is 2. The summed E-state index contributed by atoms with van der Waals surface area (Å²) in [5, 5.41) is 11.0. The van der Waals surface area contributed by atoms with Gasteiger partial charge >= 0.3 is 0 Å². The van der Waals surface area contributed by atoms with Crippen molar-refractivity contribution >= 4 is 5.96 Å². The van der Waals surface area contributed by atoms with Gasteiger partial charge in [-0.3, -0.25) is 4.68 Å². The minimum absolute atomic E-state index is 0.622. The first-order chi connectivity index (χ1) is 14.3. The Labute approximate surface area is 172 Å². The van der Waals surface area contributed by atoms with Gasteiger partial charge < -0.3 is 15.4 Å². The molecule has 0 bridgehead atoms. The number of methoxy groups -OCH3 is 1. The third-order valence-electron chi connectivity index (χ3n) is 4.54. The third kappa shape index (κ3) is 6.38. The van der Waals surface area contributed by atoms with E-state index in [1.54, 1.807) is 13.3 Å². The van der Waals surface area contributed by atoms with Crippen molar-refractivity contribution in [3.8, 4) is 5.75 Å². The van der Waals surface area contributed by atoms with Crippen molar-refractivity contribution in [1.29, 1.82) is 0 Å². The molecule has 1 aromatic heterocycles. The summed E-state index contributed by atoms with van der Waals surface area (Å²) < 4.78 is 7.35. The molecule has 0 spiro atoms. The Balaban J connectivity index is 1.57. The Hall–Kier alpha value is -3.28. The highest BCUT2D eigenvalue weighted by Gasteiger charge is 2.03. The predicted molar refractivity (Wildman–Crippen MR) is 117 cm³/mol. The minimum Gasteiger partial charge on any atom is -0.496 e. The summed E-state index contributed by atoms with van der Waals surface area (Å²) in [5.41, 5.74) is 3.58. The smallest absolute Gasteiger partial charge is 0.191 e. The predicted octanol–water partition coefficient (Wildman–Crippen LogP) is 3.24. The molecule has 0 aliphatic rings. The van der Waals surface area contributed by atoms with Crippen molar-refractivity contribution in [3.63, 3.8) is 0 Å². The molecule has 0 saturated carbocycles. The number of benzene rings is 2. The van der Waals surface area contributed by atoms with Gasteiger partial charge in [0.15, 0.2) is 5.96 Å². The second-order valence-electron chi connectivity index (χ2n) is 6.71. The summed E-state index contributed by atoms with van der Waals surface area (Å²) in [7, 11) is 1.71. The average molecular weight is 392 g/mol. The molecule has 0 atom stereocenters. The fraction of sp³-hybridized carbons (Fsp3) is 0.304. The van der Waals surface area contributed by atoms with Crippen LogP contribution in [0, 0.1) is 0 Å². The van der Waals surface area contributed by atoms with Crippen LogP contribution >= 0.6 is 0 Å². The van der Waals surface area contributed by atoms with Gasteiger partial charge in [-0.15, -0.1) is 0 Å². The van der Waals surface area contributed by atoms with Gasteiger partial charge in [0.25, 0.3) is 0 Å². The second kappa shape index (κ2) is 10.9. The molecule has 6 nitrogen and oxygen atoms in total. The number of para-hydroxylation sites is 1. The number of guanidine groups is 1. The first-order valence-corrected chi connectivity index (χ1v) is 9.98. The molecule has 0 radical (unpaired) electrons. The monoisotopic (exact) mass is 391 g/mol. The van der Waals surface area contributed by atoms with Gasteiger partial charge in [0.1, 0.15) is 5.75 Å². The maximum Gasteiger partial charge on any atom is 0.191 e. The summed E-state index contributed by atoms with van der Waals surface area (Å²) in [6.07, 6.45) is 4.64. The van der Waals surface area contributed by atoms with Crippen molar-refractivity contribution < 1.29 is 4.74 Å². The zero-order valence-corrected chi connectivity index (χ0v) is 17.1. The number of hydrogen-bond donors (Lipinski definition) is 2. The van der Waals surface area contributed by atoms with Crippen molar-refractivity contribution in [3.05, 3.63) is 83.7 Å². The van der Waals surface area contributed by atoms with Gasteiger partial charge in [-0.1, -0.05) is 42.5 Å². The Kier molecular flexibility index (Phi) is 7.69. The van der Waals surface area contributed by atoms with E-state index in [1.165, 1.54) is 16.7 Å². The van der Waals surface area contributed by atoms with E-state index in [0.29, 0.717) is 6.54 Å². The van der Waals surface area contributed by atoms with E-state index in [9.17, 15) is 0 Å². The van der Waals surface area contributed by atoms with E-state index in [4.69, 9.17) is 9.73 Å².